The summed E-state index contributed by atoms with van der Waals surface area (Å²) in [7, 11) is 0. The highest BCUT2D eigenvalue weighted by molar-refractivity contribution is 9.10. The maximum absolute atomic E-state index is 8.71. The first-order valence-electron chi connectivity index (χ1n) is 4.31. The highest BCUT2D eigenvalue weighted by Gasteiger charge is 1.98. The van der Waals surface area contributed by atoms with Gasteiger partial charge in [0, 0.05) is 22.1 Å². The molecule has 0 spiro atoms. The van der Waals surface area contributed by atoms with Crippen molar-refractivity contribution in [3.8, 4) is 6.07 Å². The van der Waals surface area contributed by atoms with Gasteiger partial charge in [0.05, 0.1) is 5.57 Å². The van der Waals surface area contributed by atoms with E-state index in [2.05, 4.69) is 21.2 Å². The van der Waals surface area contributed by atoms with Crippen LogP contribution in [0.1, 0.15) is 6.92 Å². The van der Waals surface area contributed by atoms with E-state index >= 15 is 0 Å². The lowest BCUT2D eigenvalue weighted by Gasteiger charge is -2.06. The molecule has 1 aromatic carbocycles. The number of nitriles is 1. The van der Waals surface area contributed by atoms with Crippen LogP contribution in [0.4, 0.5) is 5.69 Å². The van der Waals surface area contributed by atoms with Gasteiger partial charge in [0.25, 0.3) is 0 Å². The monoisotopic (exact) mass is 263 g/mol. The van der Waals surface area contributed by atoms with Gasteiger partial charge in [-0.1, -0.05) is 15.9 Å². The molecule has 0 aliphatic carbocycles. The fraction of sp³-hybridized carbons (Fsp3) is 0.0909. The van der Waals surface area contributed by atoms with Gasteiger partial charge in [-0.15, -0.1) is 0 Å². The molecule has 76 valence electrons. The molecular weight excluding hydrogens is 254 g/mol. The van der Waals surface area contributed by atoms with Crippen LogP contribution in [-0.2, 0) is 0 Å². The lowest BCUT2D eigenvalue weighted by molar-refractivity contribution is 1.34. The van der Waals surface area contributed by atoms with Crippen LogP contribution in [0.3, 0.4) is 0 Å². The van der Waals surface area contributed by atoms with Gasteiger partial charge in [-0.05, 0) is 31.2 Å². The SMILES string of the molecule is C/C(Nc1ccc(Br)cc1)=C(\C#N)C=N. The molecule has 0 saturated carbocycles. The molecule has 0 amide bonds. The maximum atomic E-state index is 8.71. The Labute approximate surface area is 97.1 Å². The van der Waals surface area contributed by atoms with Gasteiger partial charge in [-0.25, -0.2) is 0 Å². The van der Waals surface area contributed by atoms with Crippen LogP contribution in [0.2, 0.25) is 0 Å². The minimum atomic E-state index is 0.331. The molecule has 0 bridgehead atoms. The largest absolute Gasteiger partial charge is 0.358 e. The predicted molar refractivity (Wildman–Crippen MR) is 64.9 cm³/mol. The summed E-state index contributed by atoms with van der Waals surface area (Å²) in [5, 5.41) is 18.8. The number of rotatable bonds is 3. The zero-order valence-corrected chi connectivity index (χ0v) is 9.80. The van der Waals surface area contributed by atoms with Crippen LogP contribution in [0.5, 0.6) is 0 Å². The molecule has 0 atom stereocenters. The fourth-order valence-electron chi connectivity index (χ4n) is 1.04. The van der Waals surface area contributed by atoms with Crippen molar-refractivity contribution in [2.24, 2.45) is 0 Å². The number of hydrogen-bond donors (Lipinski definition) is 2. The van der Waals surface area contributed by atoms with E-state index < -0.39 is 0 Å². The third kappa shape index (κ3) is 3.22. The smallest absolute Gasteiger partial charge is 0.103 e. The van der Waals surface area contributed by atoms with Crippen molar-refractivity contribution in [2.45, 2.75) is 6.92 Å². The van der Waals surface area contributed by atoms with Crippen molar-refractivity contribution in [3.05, 3.63) is 40.0 Å². The predicted octanol–water partition coefficient (Wildman–Crippen LogP) is 3.31. The second-order valence-electron chi connectivity index (χ2n) is 2.93. The number of anilines is 1. The summed E-state index contributed by atoms with van der Waals surface area (Å²) in [4.78, 5) is 0. The Balaban J connectivity index is 2.88. The van der Waals surface area contributed by atoms with E-state index in [1.807, 2.05) is 30.3 Å². The molecule has 0 heterocycles. The third-order valence-electron chi connectivity index (χ3n) is 1.84. The van der Waals surface area contributed by atoms with Gasteiger partial charge in [0.2, 0.25) is 0 Å². The first-order valence-corrected chi connectivity index (χ1v) is 5.10. The average molecular weight is 264 g/mol. The Morgan fingerprint density at radius 1 is 1.47 bits per heavy atom. The number of nitrogens with one attached hydrogen (secondary N) is 2. The molecule has 0 radical (unpaired) electrons. The van der Waals surface area contributed by atoms with Crippen molar-refractivity contribution >= 4 is 27.8 Å². The van der Waals surface area contributed by atoms with Crippen LogP contribution in [0, 0.1) is 16.7 Å². The van der Waals surface area contributed by atoms with Crippen molar-refractivity contribution in [3.63, 3.8) is 0 Å². The van der Waals surface area contributed by atoms with E-state index in [1.54, 1.807) is 6.92 Å². The van der Waals surface area contributed by atoms with E-state index in [-0.39, 0.29) is 0 Å². The van der Waals surface area contributed by atoms with Gasteiger partial charge in [0.1, 0.15) is 6.07 Å². The molecular formula is C11H10BrN3. The van der Waals surface area contributed by atoms with Crippen molar-refractivity contribution in [1.82, 2.24) is 0 Å². The Morgan fingerprint density at radius 3 is 2.53 bits per heavy atom. The Bertz CT molecular complexity index is 426. The van der Waals surface area contributed by atoms with E-state index in [1.165, 1.54) is 0 Å². The van der Waals surface area contributed by atoms with Crippen molar-refractivity contribution < 1.29 is 0 Å². The summed E-state index contributed by atoms with van der Waals surface area (Å²) >= 11 is 3.34. The molecule has 15 heavy (non-hydrogen) atoms. The van der Waals surface area contributed by atoms with E-state index in [0.29, 0.717) is 11.3 Å². The Hall–Kier alpha value is -1.60. The summed E-state index contributed by atoms with van der Waals surface area (Å²) in [5.41, 5.74) is 1.90. The number of halogens is 1. The van der Waals surface area contributed by atoms with Crippen LogP contribution >= 0.6 is 15.9 Å². The van der Waals surface area contributed by atoms with Gasteiger partial charge in [-0.2, -0.15) is 5.26 Å². The van der Waals surface area contributed by atoms with Crippen LogP contribution in [-0.4, -0.2) is 6.21 Å². The third-order valence-corrected chi connectivity index (χ3v) is 2.37. The standard InChI is InChI=1S/C11H10BrN3/c1-8(9(6-13)7-14)15-11-4-2-10(12)3-5-11/h2-6,13,15H,1H3/b9-8+,13-6?. The van der Waals surface area contributed by atoms with E-state index in [0.717, 1.165) is 16.4 Å². The van der Waals surface area contributed by atoms with Crippen LogP contribution in [0.25, 0.3) is 0 Å². The normalized spacial score (nSPS) is 11.3. The number of benzene rings is 1. The molecule has 3 nitrogen and oxygen atoms in total. The van der Waals surface area contributed by atoms with Crippen molar-refractivity contribution in [1.29, 1.82) is 10.7 Å². The maximum Gasteiger partial charge on any atom is 0.103 e. The molecule has 0 saturated heterocycles. The summed E-state index contributed by atoms with van der Waals surface area (Å²) in [6, 6.07) is 9.56. The molecule has 1 aromatic rings. The van der Waals surface area contributed by atoms with Crippen LogP contribution < -0.4 is 5.32 Å². The second kappa shape index (κ2) is 5.32. The van der Waals surface area contributed by atoms with Gasteiger partial charge >= 0.3 is 0 Å². The molecule has 0 fully saturated rings. The van der Waals surface area contributed by atoms with Gasteiger partial charge in [-0.3, -0.25) is 0 Å². The molecule has 0 aliphatic heterocycles. The Morgan fingerprint density at radius 2 is 2.07 bits per heavy atom. The van der Waals surface area contributed by atoms with Gasteiger partial charge in [0.15, 0.2) is 0 Å². The average Bonchev–Trinajstić information content (AvgIpc) is 2.23. The molecule has 4 heteroatoms. The minimum absolute atomic E-state index is 0.331. The highest BCUT2D eigenvalue weighted by Crippen LogP contribution is 2.16. The Kier molecular flexibility index (Phi) is 4.07. The van der Waals surface area contributed by atoms with Gasteiger partial charge < -0.3 is 10.7 Å². The molecule has 1 rings (SSSR count). The summed E-state index contributed by atoms with van der Waals surface area (Å²) in [6.45, 7) is 1.77. The highest BCUT2D eigenvalue weighted by atomic mass is 79.9. The van der Waals surface area contributed by atoms with E-state index in [4.69, 9.17) is 10.7 Å². The van der Waals surface area contributed by atoms with E-state index in [9.17, 15) is 0 Å². The van der Waals surface area contributed by atoms with Crippen LogP contribution in [0.15, 0.2) is 40.0 Å². The second-order valence-corrected chi connectivity index (χ2v) is 3.84. The first kappa shape index (κ1) is 11.5. The minimum Gasteiger partial charge on any atom is -0.358 e. The zero-order valence-electron chi connectivity index (χ0n) is 8.21. The number of nitrogens with zero attached hydrogens (tertiary/aromatic N) is 1. The molecule has 2 N–H and O–H groups in total. The quantitative estimate of drug-likeness (QED) is 0.650. The lowest BCUT2D eigenvalue weighted by Crippen LogP contribution is -1.99. The first-order chi connectivity index (χ1) is 7.17. The zero-order chi connectivity index (χ0) is 11.3. The topological polar surface area (TPSA) is 59.7 Å². The molecule has 0 aromatic heterocycles. The summed E-state index contributed by atoms with van der Waals surface area (Å²) in [5.74, 6) is 0. The molecule has 0 unspecified atom stereocenters. The molecule has 0 aliphatic rings. The fourth-order valence-corrected chi connectivity index (χ4v) is 1.31. The van der Waals surface area contributed by atoms with Crippen molar-refractivity contribution in [2.75, 3.05) is 5.32 Å². The summed E-state index contributed by atoms with van der Waals surface area (Å²) in [6.07, 6.45) is 1.04. The lowest BCUT2D eigenvalue weighted by atomic mass is 10.2. The summed E-state index contributed by atoms with van der Waals surface area (Å²) < 4.78 is 1.00. The number of hydrogen-bond acceptors (Lipinski definition) is 3. The number of allylic oxidation sites excluding steroid dienone is 2.